The Hall–Kier alpha value is -3.92. The van der Waals surface area contributed by atoms with E-state index in [9.17, 15) is 13.2 Å². The molecule has 0 aliphatic heterocycles. The van der Waals surface area contributed by atoms with Crippen molar-refractivity contribution in [2.45, 2.75) is 31.6 Å². The maximum absolute atomic E-state index is 13.0. The van der Waals surface area contributed by atoms with Crippen molar-refractivity contribution in [2.75, 3.05) is 10.0 Å². The van der Waals surface area contributed by atoms with Crippen LogP contribution in [0.5, 0.6) is 0 Å². The number of carbonyl (C=O) groups excluding carboxylic acids is 1. The molecule has 1 amide bonds. The van der Waals surface area contributed by atoms with Crippen molar-refractivity contribution >= 4 is 27.4 Å². The number of anilines is 2. The first-order valence-corrected chi connectivity index (χ1v) is 11.9. The molecule has 4 aromatic rings. The molecular formula is C23H23N5O4S. The zero-order valence-corrected chi connectivity index (χ0v) is 19.0. The third-order valence-electron chi connectivity index (χ3n) is 4.89. The van der Waals surface area contributed by atoms with Gasteiger partial charge in [0.2, 0.25) is 0 Å². The quantitative estimate of drug-likeness (QED) is 0.403. The van der Waals surface area contributed by atoms with Crippen molar-refractivity contribution in [3.63, 3.8) is 0 Å². The highest BCUT2D eigenvalue weighted by Gasteiger charge is 2.19. The Morgan fingerprint density at radius 2 is 1.82 bits per heavy atom. The lowest BCUT2D eigenvalue weighted by molar-refractivity contribution is 0.102. The molecule has 0 aliphatic carbocycles. The van der Waals surface area contributed by atoms with Crippen molar-refractivity contribution < 1.29 is 17.7 Å². The molecule has 0 saturated heterocycles. The summed E-state index contributed by atoms with van der Waals surface area (Å²) in [6, 6.07) is 17.0. The standard InChI is InChI=1S/C23H23N5O4S/c1-3-7-21-20(15-24-28(21)18-8-5-4-6-9-18)23(29)25-17-10-12-19(13-11-17)33(30,31)27-22-14-16(2)32-26-22/h4-6,8-15H,3,7H2,1-2H3,(H,25,29)(H,26,27). The molecule has 0 fully saturated rings. The fraction of sp³-hybridized carbons (Fsp3) is 0.174. The van der Waals surface area contributed by atoms with Gasteiger partial charge in [-0.2, -0.15) is 5.10 Å². The van der Waals surface area contributed by atoms with Gasteiger partial charge in [-0.3, -0.25) is 9.52 Å². The van der Waals surface area contributed by atoms with Gasteiger partial charge >= 0.3 is 0 Å². The van der Waals surface area contributed by atoms with Gasteiger partial charge in [-0.25, -0.2) is 13.1 Å². The molecule has 9 nitrogen and oxygen atoms in total. The first kappa shape index (κ1) is 22.3. The van der Waals surface area contributed by atoms with Crippen LogP contribution < -0.4 is 10.0 Å². The Balaban J connectivity index is 1.52. The van der Waals surface area contributed by atoms with Crippen LogP contribution in [0.15, 0.2) is 76.3 Å². The highest BCUT2D eigenvalue weighted by Crippen LogP contribution is 2.21. The summed E-state index contributed by atoms with van der Waals surface area (Å²) in [7, 11) is -3.84. The monoisotopic (exact) mass is 465 g/mol. The predicted octanol–water partition coefficient (Wildman–Crippen LogP) is 4.17. The molecule has 2 N–H and O–H groups in total. The Kier molecular flexibility index (Phi) is 6.27. The van der Waals surface area contributed by atoms with Crippen LogP contribution in [0.25, 0.3) is 5.69 Å². The van der Waals surface area contributed by atoms with Gasteiger partial charge in [-0.05, 0) is 49.7 Å². The van der Waals surface area contributed by atoms with Crippen molar-refractivity contribution in [1.29, 1.82) is 0 Å². The second-order valence-corrected chi connectivity index (χ2v) is 9.09. The molecule has 0 unspecified atom stereocenters. The van der Waals surface area contributed by atoms with Crippen molar-refractivity contribution in [1.82, 2.24) is 14.9 Å². The van der Waals surface area contributed by atoms with Crippen LogP contribution in [-0.4, -0.2) is 29.3 Å². The minimum Gasteiger partial charge on any atom is -0.360 e. The molecule has 2 heterocycles. The van der Waals surface area contributed by atoms with E-state index < -0.39 is 10.0 Å². The van der Waals surface area contributed by atoms with Crippen LogP contribution in [0.2, 0.25) is 0 Å². The number of aryl methyl sites for hydroxylation is 1. The fourth-order valence-electron chi connectivity index (χ4n) is 3.36. The Bertz CT molecular complexity index is 1360. The van der Waals surface area contributed by atoms with E-state index in [1.165, 1.54) is 30.3 Å². The number of hydrogen-bond acceptors (Lipinski definition) is 6. The van der Waals surface area contributed by atoms with Gasteiger partial charge in [-0.1, -0.05) is 36.7 Å². The van der Waals surface area contributed by atoms with Crippen LogP contribution in [-0.2, 0) is 16.4 Å². The molecule has 33 heavy (non-hydrogen) atoms. The molecule has 0 atom stereocenters. The lowest BCUT2D eigenvalue weighted by Crippen LogP contribution is -2.15. The van der Waals surface area contributed by atoms with Crippen LogP contribution in [0.3, 0.4) is 0 Å². The minimum absolute atomic E-state index is 0.0321. The normalized spacial score (nSPS) is 11.3. The largest absolute Gasteiger partial charge is 0.360 e. The highest BCUT2D eigenvalue weighted by atomic mass is 32.2. The van der Waals surface area contributed by atoms with Gasteiger partial charge in [0.1, 0.15) is 5.76 Å². The zero-order chi connectivity index (χ0) is 23.4. The average Bonchev–Trinajstić information content (AvgIpc) is 3.40. The number of benzene rings is 2. The summed E-state index contributed by atoms with van der Waals surface area (Å²) < 4.78 is 34.1. The number of aromatic nitrogens is 3. The molecule has 0 aliphatic rings. The molecule has 0 saturated carbocycles. The van der Waals surface area contributed by atoms with Crippen LogP contribution in [0, 0.1) is 6.92 Å². The van der Waals surface area contributed by atoms with Crippen LogP contribution in [0.1, 0.15) is 35.2 Å². The number of nitrogens with one attached hydrogen (secondary N) is 2. The molecular weight excluding hydrogens is 442 g/mol. The second kappa shape index (κ2) is 9.29. The van der Waals surface area contributed by atoms with E-state index in [1.54, 1.807) is 17.8 Å². The van der Waals surface area contributed by atoms with E-state index in [0.717, 1.165) is 17.8 Å². The van der Waals surface area contributed by atoms with Gasteiger partial charge < -0.3 is 9.84 Å². The molecule has 0 bridgehead atoms. The van der Waals surface area contributed by atoms with Crippen molar-refractivity contribution in [2.24, 2.45) is 0 Å². The molecule has 10 heteroatoms. The zero-order valence-electron chi connectivity index (χ0n) is 18.1. The summed E-state index contributed by atoms with van der Waals surface area (Å²) in [5.41, 5.74) is 2.63. The number of para-hydroxylation sites is 1. The molecule has 4 rings (SSSR count). The first-order chi connectivity index (χ1) is 15.9. The number of hydrogen-bond donors (Lipinski definition) is 2. The molecule has 2 aromatic carbocycles. The number of nitrogens with zero attached hydrogens (tertiary/aromatic N) is 3. The molecule has 0 radical (unpaired) electrons. The Morgan fingerprint density at radius 3 is 2.45 bits per heavy atom. The summed E-state index contributed by atoms with van der Waals surface area (Å²) in [5, 5.41) is 10.9. The molecule has 170 valence electrons. The number of rotatable bonds is 8. The van der Waals surface area contributed by atoms with E-state index in [2.05, 4.69) is 20.3 Å². The van der Waals surface area contributed by atoms with Crippen molar-refractivity contribution in [3.05, 3.63) is 83.9 Å². The maximum Gasteiger partial charge on any atom is 0.263 e. The third kappa shape index (κ3) is 4.96. The van der Waals surface area contributed by atoms with Gasteiger partial charge in [0.25, 0.3) is 15.9 Å². The van der Waals surface area contributed by atoms with E-state index in [1.807, 2.05) is 37.3 Å². The fourth-order valence-corrected chi connectivity index (χ4v) is 4.34. The maximum atomic E-state index is 13.0. The number of sulfonamides is 1. The molecule has 2 aromatic heterocycles. The smallest absolute Gasteiger partial charge is 0.263 e. The lowest BCUT2D eigenvalue weighted by atomic mass is 10.1. The summed E-state index contributed by atoms with van der Waals surface area (Å²) in [4.78, 5) is 13.0. The van der Waals surface area contributed by atoms with E-state index in [4.69, 9.17) is 4.52 Å². The first-order valence-electron chi connectivity index (χ1n) is 10.4. The van der Waals surface area contributed by atoms with Gasteiger partial charge in [0.05, 0.1) is 28.0 Å². The van der Waals surface area contributed by atoms with Gasteiger partial charge in [0, 0.05) is 11.8 Å². The third-order valence-corrected chi connectivity index (χ3v) is 6.26. The predicted molar refractivity (Wildman–Crippen MR) is 124 cm³/mol. The average molecular weight is 466 g/mol. The van der Waals surface area contributed by atoms with Crippen LogP contribution in [0.4, 0.5) is 11.5 Å². The van der Waals surface area contributed by atoms with E-state index >= 15 is 0 Å². The summed E-state index contributed by atoms with van der Waals surface area (Å²) in [5.74, 6) is 0.278. The van der Waals surface area contributed by atoms with Crippen LogP contribution >= 0.6 is 0 Å². The highest BCUT2D eigenvalue weighted by molar-refractivity contribution is 7.92. The second-order valence-electron chi connectivity index (χ2n) is 7.41. The molecule has 0 spiro atoms. The summed E-state index contributed by atoms with van der Waals surface area (Å²) in [6.45, 7) is 3.70. The van der Waals surface area contributed by atoms with Gasteiger partial charge in [0.15, 0.2) is 5.82 Å². The topological polar surface area (TPSA) is 119 Å². The summed E-state index contributed by atoms with van der Waals surface area (Å²) in [6.07, 6.45) is 3.08. The Morgan fingerprint density at radius 1 is 1.09 bits per heavy atom. The number of amides is 1. The van der Waals surface area contributed by atoms with E-state index in [-0.39, 0.29) is 16.6 Å². The SMILES string of the molecule is CCCc1c(C(=O)Nc2ccc(S(=O)(=O)Nc3cc(C)on3)cc2)cnn1-c1ccccc1. The lowest BCUT2D eigenvalue weighted by Gasteiger charge is -2.10. The van der Waals surface area contributed by atoms with Crippen molar-refractivity contribution in [3.8, 4) is 5.69 Å². The van der Waals surface area contributed by atoms with Gasteiger partial charge in [-0.15, -0.1) is 0 Å². The summed E-state index contributed by atoms with van der Waals surface area (Å²) >= 11 is 0. The minimum atomic E-state index is -3.84. The Labute approximate surface area is 191 Å². The number of carbonyl (C=O) groups is 1. The van der Waals surface area contributed by atoms with E-state index in [0.29, 0.717) is 23.4 Å².